The summed E-state index contributed by atoms with van der Waals surface area (Å²) < 4.78 is -0.754. The van der Waals surface area contributed by atoms with E-state index in [1.54, 1.807) is 6.21 Å². The van der Waals surface area contributed by atoms with Crippen LogP contribution in [-0.2, 0) is 0 Å². The molecule has 3 heteroatoms. The number of rotatable bonds is 3. The van der Waals surface area contributed by atoms with E-state index in [1.807, 2.05) is 13.8 Å². The Kier molecular flexibility index (Phi) is 4.24. The zero-order chi connectivity index (χ0) is 7.33. The normalized spacial score (nSPS) is 12.9. The van der Waals surface area contributed by atoms with E-state index in [2.05, 4.69) is 4.99 Å². The van der Waals surface area contributed by atoms with Gasteiger partial charge in [0.05, 0.1) is 0 Å². The predicted octanol–water partition coefficient (Wildman–Crippen LogP) is 2.66. The van der Waals surface area contributed by atoms with Crippen molar-refractivity contribution in [2.75, 3.05) is 6.54 Å². The van der Waals surface area contributed by atoms with Crippen molar-refractivity contribution >= 4 is 29.4 Å². The number of hydrogen-bond donors (Lipinski definition) is 0. The van der Waals surface area contributed by atoms with Crippen LogP contribution in [0.2, 0.25) is 0 Å². The Hall–Kier alpha value is 0.250. The van der Waals surface area contributed by atoms with Gasteiger partial charge in [0.15, 0.2) is 4.33 Å². The van der Waals surface area contributed by atoms with Gasteiger partial charge in [-0.15, -0.1) is 0 Å². The first-order chi connectivity index (χ1) is 4.12. The molecule has 0 N–H and O–H groups in total. The zero-order valence-electron chi connectivity index (χ0n) is 5.69. The van der Waals surface area contributed by atoms with E-state index in [0.717, 1.165) is 6.54 Å². The summed E-state index contributed by atoms with van der Waals surface area (Å²) in [6.07, 6.45) is 2.27. The van der Waals surface area contributed by atoms with E-state index in [1.165, 1.54) is 0 Å². The highest BCUT2D eigenvalue weighted by atomic mass is 35.5. The minimum Gasteiger partial charge on any atom is -0.295 e. The Bertz CT molecular complexity index is 99.2. The van der Waals surface area contributed by atoms with Crippen LogP contribution in [0.25, 0.3) is 0 Å². The molecule has 0 aliphatic heterocycles. The molecule has 0 saturated carbocycles. The predicted molar refractivity (Wildman–Crippen MR) is 43.8 cm³/mol. The van der Waals surface area contributed by atoms with Crippen molar-refractivity contribution in [1.29, 1.82) is 0 Å². The van der Waals surface area contributed by atoms with Crippen LogP contribution in [0.15, 0.2) is 4.99 Å². The molecule has 0 spiro atoms. The molecule has 0 fully saturated rings. The Morgan fingerprint density at radius 2 is 2.00 bits per heavy atom. The summed E-state index contributed by atoms with van der Waals surface area (Å²) in [7, 11) is 0. The molecule has 0 aromatic heterocycles. The average Bonchev–Trinajstić information content (AvgIpc) is 1.84. The van der Waals surface area contributed by atoms with Crippen LogP contribution in [-0.4, -0.2) is 17.1 Å². The Labute approximate surface area is 66.1 Å². The summed E-state index contributed by atoms with van der Waals surface area (Å²) >= 11 is 11.4. The lowest BCUT2D eigenvalue weighted by Gasteiger charge is -2.08. The number of halogens is 2. The van der Waals surface area contributed by atoms with E-state index in [4.69, 9.17) is 23.2 Å². The molecule has 0 heterocycles. The number of hydrogen-bond acceptors (Lipinski definition) is 1. The maximum absolute atomic E-state index is 5.72. The van der Waals surface area contributed by atoms with E-state index in [-0.39, 0.29) is 0 Å². The zero-order valence-corrected chi connectivity index (χ0v) is 7.21. The molecule has 0 atom stereocenters. The minimum absolute atomic E-state index is 0.694. The van der Waals surface area contributed by atoms with Gasteiger partial charge in [0.1, 0.15) is 0 Å². The Morgan fingerprint density at radius 3 is 2.33 bits per heavy atom. The molecule has 54 valence electrons. The van der Waals surface area contributed by atoms with Gasteiger partial charge in [0, 0.05) is 12.8 Å². The molecule has 1 nitrogen and oxygen atoms in total. The fourth-order valence-corrected chi connectivity index (χ4v) is 0.454. The minimum atomic E-state index is -0.754. The molecule has 0 aromatic carbocycles. The van der Waals surface area contributed by atoms with Gasteiger partial charge in [0.25, 0.3) is 0 Å². The van der Waals surface area contributed by atoms with Crippen molar-refractivity contribution in [3.63, 3.8) is 0 Å². The topological polar surface area (TPSA) is 12.4 Å². The van der Waals surface area contributed by atoms with Gasteiger partial charge in [-0.25, -0.2) is 0 Å². The maximum atomic E-state index is 5.72. The lowest BCUT2D eigenvalue weighted by atomic mass is 10.3. The lowest BCUT2D eigenvalue weighted by molar-refractivity contribution is 0.939. The molecule has 0 saturated heterocycles. The smallest absolute Gasteiger partial charge is 0.152 e. The standard InChI is InChI=1S/C6H11Cl2N/c1-3-6(7,8)5-9-4-2/h5H,3-4H2,1-2H3. The first-order valence-corrected chi connectivity index (χ1v) is 3.76. The summed E-state index contributed by atoms with van der Waals surface area (Å²) in [5, 5.41) is 0. The van der Waals surface area contributed by atoms with Crippen molar-refractivity contribution in [3.8, 4) is 0 Å². The highest BCUT2D eigenvalue weighted by Gasteiger charge is 2.16. The van der Waals surface area contributed by atoms with Gasteiger partial charge in [-0.1, -0.05) is 30.1 Å². The molecule has 0 bridgehead atoms. The number of nitrogens with zero attached hydrogens (tertiary/aromatic N) is 1. The summed E-state index contributed by atoms with van der Waals surface area (Å²) in [5.41, 5.74) is 0. The largest absolute Gasteiger partial charge is 0.295 e. The summed E-state index contributed by atoms with van der Waals surface area (Å²) in [5.74, 6) is 0. The van der Waals surface area contributed by atoms with E-state index >= 15 is 0 Å². The second kappa shape index (κ2) is 4.13. The molecular formula is C6H11Cl2N. The van der Waals surface area contributed by atoms with Gasteiger partial charge in [-0.2, -0.15) is 0 Å². The molecule has 0 amide bonds. The molecule has 0 aliphatic rings. The second-order valence-corrected chi connectivity index (χ2v) is 3.28. The van der Waals surface area contributed by atoms with E-state index in [9.17, 15) is 0 Å². The second-order valence-electron chi connectivity index (χ2n) is 1.74. The highest BCUT2D eigenvalue weighted by Crippen LogP contribution is 2.21. The SMILES string of the molecule is CCN=CC(Cl)(Cl)CC. The summed E-state index contributed by atoms with van der Waals surface area (Å²) in [6.45, 7) is 4.60. The molecular weight excluding hydrogens is 157 g/mol. The van der Waals surface area contributed by atoms with Gasteiger partial charge in [0.2, 0.25) is 0 Å². The van der Waals surface area contributed by atoms with Gasteiger partial charge in [-0.3, -0.25) is 4.99 Å². The van der Waals surface area contributed by atoms with Crippen LogP contribution in [0, 0.1) is 0 Å². The third-order valence-electron chi connectivity index (χ3n) is 0.934. The van der Waals surface area contributed by atoms with Crippen LogP contribution in [0.1, 0.15) is 20.3 Å². The average molecular weight is 168 g/mol. The Morgan fingerprint density at radius 1 is 1.44 bits per heavy atom. The molecule has 0 aliphatic carbocycles. The van der Waals surface area contributed by atoms with Gasteiger partial charge in [-0.05, 0) is 13.3 Å². The lowest BCUT2D eigenvalue weighted by Crippen LogP contribution is -2.12. The third kappa shape index (κ3) is 4.73. The first-order valence-electron chi connectivity index (χ1n) is 3.01. The molecule has 0 radical (unpaired) electrons. The first kappa shape index (κ1) is 9.25. The van der Waals surface area contributed by atoms with Crippen molar-refractivity contribution < 1.29 is 0 Å². The van der Waals surface area contributed by atoms with Crippen molar-refractivity contribution in [2.24, 2.45) is 4.99 Å². The van der Waals surface area contributed by atoms with Crippen LogP contribution in [0.3, 0.4) is 0 Å². The fraction of sp³-hybridized carbons (Fsp3) is 0.833. The number of alkyl halides is 2. The molecule has 0 aromatic rings. The van der Waals surface area contributed by atoms with Crippen LogP contribution >= 0.6 is 23.2 Å². The van der Waals surface area contributed by atoms with Crippen molar-refractivity contribution in [3.05, 3.63) is 0 Å². The maximum Gasteiger partial charge on any atom is 0.152 e. The van der Waals surface area contributed by atoms with Crippen molar-refractivity contribution in [1.82, 2.24) is 0 Å². The highest BCUT2D eigenvalue weighted by molar-refractivity contribution is 6.56. The Balaban J connectivity index is 3.70. The van der Waals surface area contributed by atoms with E-state index in [0.29, 0.717) is 6.42 Å². The fourth-order valence-electron chi connectivity index (χ4n) is 0.316. The number of aliphatic imine (C=N–C) groups is 1. The van der Waals surface area contributed by atoms with Crippen LogP contribution in [0.4, 0.5) is 0 Å². The third-order valence-corrected chi connectivity index (χ3v) is 1.66. The van der Waals surface area contributed by atoms with Gasteiger partial charge >= 0.3 is 0 Å². The molecule has 0 rings (SSSR count). The van der Waals surface area contributed by atoms with E-state index < -0.39 is 4.33 Å². The monoisotopic (exact) mass is 167 g/mol. The van der Waals surface area contributed by atoms with Crippen LogP contribution in [0.5, 0.6) is 0 Å². The van der Waals surface area contributed by atoms with Crippen molar-refractivity contribution in [2.45, 2.75) is 24.6 Å². The molecule has 9 heavy (non-hydrogen) atoms. The summed E-state index contributed by atoms with van der Waals surface area (Å²) in [6, 6.07) is 0. The quantitative estimate of drug-likeness (QED) is 0.453. The van der Waals surface area contributed by atoms with Crippen LogP contribution < -0.4 is 0 Å². The summed E-state index contributed by atoms with van der Waals surface area (Å²) in [4.78, 5) is 3.93. The molecule has 0 unspecified atom stereocenters. The van der Waals surface area contributed by atoms with Gasteiger partial charge < -0.3 is 0 Å².